The Kier molecular flexibility index (Phi) is 5.57. The van der Waals surface area contributed by atoms with Gasteiger partial charge < -0.3 is 5.11 Å². The lowest BCUT2D eigenvalue weighted by Crippen LogP contribution is -2.28. The van der Waals surface area contributed by atoms with Crippen LogP contribution < -0.4 is 5.32 Å². The van der Waals surface area contributed by atoms with Crippen molar-refractivity contribution >= 4 is 0 Å². The van der Waals surface area contributed by atoms with Gasteiger partial charge in [0.2, 0.25) is 0 Å². The number of hydrogen-bond donors (Lipinski definition) is 2. The minimum absolute atomic E-state index is 0.354. The number of nitrogens with one attached hydrogen (secondary N) is 1. The summed E-state index contributed by atoms with van der Waals surface area (Å²) in [5.74, 6) is 0. The topological polar surface area (TPSA) is 32.3 Å². The van der Waals surface area contributed by atoms with Gasteiger partial charge in [-0.2, -0.15) is 0 Å². The smallest absolute Gasteiger partial charge is 0.105 e. The molecule has 0 radical (unpaired) electrons. The van der Waals surface area contributed by atoms with Crippen molar-refractivity contribution in [1.82, 2.24) is 5.32 Å². The fourth-order valence-corrected chi connectivity index (χ4v) is 0.595. The third kappa shape index (κ3) is 5.53. The molecule has 0 bridgehead atoms. The molecule has 0 aliphatic heterocycles. The molecule has 1 unspecified atom stereocenters. The van der Waals surface area contributed by atoms with Crippen LogP contribution in [0, 0.1) is 0 Å². The van der Waals surface area contributed by atoms with E-state index >= 15 is 0 Å². The van der Waals surface area contributed by atoms with Gasteiger partial charge >= 0.3 is 0 Å². The standard InChI is InChI=1S/C7H15NO/c1-3-5-7(9)8-6-4-2/h4,7-9H,2-3,5-6H2,1H3. The lowest BCUT2D eigenvalue weighted by atomic mass is 10.3. The SMILES string of the molecule is C=CCNC(O)CCC. The Morgan fingerprint density at radius 3 is 2.89 bits per heavy atom. The first-order valence-electron chi connectivity index (χ1n) is 3.33. The summed E-state index contributed by atoms with van der Waals surface area (Å²) in [4.78, 5) is 0. The molecule has 0 saturated carbocycles. The zero-order valence-electron chi connectivity index (χ0n) is 5.93. The maximum atomic E-state index is 9.02. The Hall–Kier alpha value is -0.340. The molecule has 1 atom stereocenters. The van der Waals surface area contributed by atoms with E-state index in [0.29, 0.717) is 6.54 Å². The number of rotatable bonds is 5. The zero-order valence-corrected chi connectivity index (χ0v) is 5.93. The molecule has 2 nitrogen and oxygen atoms in total. The van der Waals surface area contributed by atoms with Crippen LogP contribution in [0.25, 0.3) is 0 Å². The maximum absolute atomic E-state index is 9.02. The Balaban J connectivity index is 3.04. The fraction of sp³-hybridized carbons (Fsp3) is 0.714. The van der Waals surface area contributed by atoms with Crippen LogP contribution in [-0.2, 0) is 0 Å². The first-order chi connectivity index (χ1) is 4.31. The van der Waals surface area contributed by atoms with Gasteiger partial charge in [0.1, 0.15) is 6.23 Å². The minimum atomic E-state index is -0.354. The van der Waals surface area contributed by atoms with Crippen LogP contribution in [0.2, 0.25) is 0 Å². The van der Waals surface area contributed by atoms with Gasteiger partial charge in [0.15, 0.2) is 0 Å². The second kappa shape index (κ2) is 5.79. The van der Waals surface area contributed by atoms with Crippen molar-refractivity contribution in [3.63, 3.8) is 0 Å². The van der Waals surface area contributed by atoms with Gasteiger partial charge in [0.05, 0.1) is 0 Å². The molecule has 0 fully saturated rings. The summed E-state index contributed by atoms with van der Waals surface area (Å²) in [6.07, 6.45) is 3.20. The van der Waals surface area contributed by atoms with Crippen LogP contribution in [0.1, 0.15) is 19.8 Å². The van der Waals surface area contributed by atoms with Crippen molar-refractivity contribution in [2.24, 2.45) is 0 Å². The molecule has 0 aliphatic rings. The van der Waals surface area contributed by atoms with E-state index in [1.807, 2.05) is 6.92 Å². The summed E-state index contributed by atoms with van der Waals surface area (Å²) in [5, 5.41) is 11.9. The third-order valence-corrected chi connectivity index (χ3v) is 1.06. The van der Waals surface area contributed by atoms with Crippen molar-refractivity contribution < 1.29 is 5.11 Å². The van der Waals surface area contributed by atoms with Crippen LogP contribution in [0.4, 0.5) is 0 Å². The largest absolute Gasteiger partial charge is 0.379 e. The second-order valence-electron chi connectivity index (χ2n) is 2.00. The monoisotopic (exact) mass is 129 g/mol. The molecule has 9 heavy (non-hydrogen) atoms. The number of aliphatic hydroxyl groups excluding tert-OH is 1. The first-order valence-corrected chi connectivity index (χ1v) is 3.33. The summed E-state index contributed by atoms with van der Waals surface area (Å²) in [6, 6.07) is 0. The molecular weight excluding hydrogens is 114 g/mol. The summed E-state index contributed by atoms with van der Waals surface area (Å²) in [6.45, 7) is 6.24. The summed E-state index contributed by atoms with van der Waals surface area (Å²) in [7, 11) is 0. The molecule has 2 N–H and O–H groups in total. The van der Waals surface area contributed by atoms with Gasteiger partial charge in [0.25, 0.3) is 0 Å². The van der Waals surface area contributed by atoms with Crippen molar-refractivity contribution in [1.29, 1.82) is 0 Å². The Morgan fingerprint density at radius 2 is 2.44 bits per heavy atom. The predicted octanol–water partition coefficient (Wildman–Crippen LogP) is 0.880. The summed E-state index contributed by atoms with van der Waals surface area (Å²) in [5.41, 5.74) is 0. The average molecular weight is 129 g/mol. The molecule has 0 heterocycles. The minimum Gasteiger partial charge on any atom is -0.379 e. The molecule has 0 spiro atoms. The van der Waals surface area contributed by atoms with Crippen LogP contribution in [-0.4, -0.2) is 17.9 Å². The van der Waals surface area contributed by atoms with E-state index in [1.54, 1.807) is 6.08 Å². The van der Waals surface area contributed by atoms with Crippen LogP contribution in [0.15, 0.2) is 12.7 Å². The van der Waals surface area contributed by atoms with Crippen molar-refractivity contribution in [2.75, 3.05) is 6.54 Å². The molecule has 0 aromatic heterocycles. The van der Waals surface area contributed by atoms with Crippen LogP contribution in [0.3, 0.4) is 0 Å². The van der Waals surface area contributed by atoms with Crippen molar-refractivity contribution in [2.45, 2.75) is 26.0 Å². The fourth-order valence-electron chi connectivity index (χ4n) is 0.595. The molecule has 54 valence electrons. The van der Waals surface area contributed by atoms with Gasteiger partial charge in [0, 0.05) is 6.54 Å². The van der Waals surface area contributed by atoms with Crippen LogP contribution in [0.5, 0.6) is 0 Å². The molecule has 0 amide bonds. The highest BCUT2D eigenvalue weighted by Gasteiger charge is 1.96. The molecule has 0 rings (SSSR count). The van der Waals surface area contributed by atoms with Gasteiger partial charge in [-0.1, -0.05) is 19.4 Å². The molecule has 2 heteroatoms. The number of aliphatic hydroxyl groups is 1. The van der Waals surface area contributed by atoms with E-state index in [0.717, 1.165) is 12.8 Å². The van der Waals surface area contributed by atoms with Gasteiger partial charge in [-0.25, -0.2) is 0 Å². The Bertz CT molecular complexity index is 73.3. The number of hydrogen-bond acceptors (Lipinski definition) is 2. The van der Waals surface area contributed by atoms with Crippen molar-refractivity contribution in [3.8, 4) is 0 Å². The molecule has 0 aromatic rings. The Morgan fingerprint density at radius 1 is 1.78 bits per heavy atom. The highest BCUT2D eigenvalue weighted by molar-refractivity contribution is 4.70. The Labute approximate surface area is 56.6 Å². The zero-order chi connectivity index (χ0) is 7.11. The highest BCUT2D eigenvalue weighted by Crippen LogP contribution is 1.90. The van der Waals surface area contributed by atoms with E-state index in [4.69, 9.17) is 5.11 Å². The van der Waals surface area contributed by atoms with E-state index < -0.39 is 0 Å². The quantitative estimate of drug-likeness (QED) is 0.426. The van der Waals surface area contributed by atoms with Gasteiger partial charge in [-0.05, 0) is 6.42 Å². The predicted molar refractivity (Wildman–Crippen MR) is 39.1 cm³/mol. The maximum Gasteiger partial charge on any atom is 0.105 e. The van der Waals surface area contributed by atoms with Crippen LogP contribution >= 0.6 is 0 Å². The molecule has 0 aliphatic carbocycles. The van der Waals surface area contributed by atoms with Crippen molar-refractivity contribution in [3.05, 3.63) is 12.7 Å². The second-order valence-corrected chi connectivity index (χ2v) is 2.00. The lowest BCUT2D eigenvalue weighted by Gasteiger charge is -2.08. The highest BCUT2D eigenvalue weighted by atomic mass is 16.3. The lowest BCUT2D eigenvalue weighted by molar-refractivity contribution is 0.131. The van der Waals surface area contributed by atoms with Gasteiger partial charge in [-0.15, -0.1) is 6.58 Å². The van der Waals surface area contributed by atoms with E-state index in [9.17, 15) is 0 Å². The normalized spacial score (nSPS) is 13.1. The third-order valence-electron chi connectivity index (χ3n) is 1.06. The average Bonchev–Trinajstić information content (AvgIpc) is 1.85. The van der Waals surface area contributed by atoms with E-state index in [2.05, 4.69) is 11.9 Å². The first kappa shape index (κ1) is 8.66. The molecule has 0 aromatic carbocycles. The molecule has 0 saturated heterocycles. The summed E-state index contributed by atoms with van der Waals surface area (Å²) < 4.78 is 0. The molecular formula is C7H15NO. The van der Waals surface area contributed by atoms with E-state index in [1.165, 1.54) is 0 Å². The van der Waals surface area contributed by atoms with E-state index in [-0.39, 0.29) is 6.23 Å². The van der Waals surface area contributed by atoms with Gasteiger partial charge in [-0.3, -0.25) is 5.32 Å². The summed E-state index contributed by atoms with van der Waals surface area (Å²) >= 11 is 0.